The van der Waals surface area contributed by atoms with Gasteiger partial charge in [-0.1, -0.05) is 13.8 Å². The van der Waals surface area contributed by atoms with E-state index in [0.717, 1.165) is 38.6 Å². The average Bonchev–Trinajstić information content (AvgIpc) is 3.18. The summed E-state index contributed by atoms with van der Waals surface area (Å²) in [5, 5.41) is 3.34. The van der Waals surface area contributed by atoms with E-state index in [-0.39, 0.29) is 24.2 Å². The monoisotopic (exact) mass is 323 g/mol. The molecule has 0 aromatic rings. The Morgan fingerprint density at radius 2 is 1.74 bits per heavy atom. The van der Waals surface area contributed by atoms with Gasteiger partial charge in [0.15, 0.2) is 0 Å². The van der Waals surface area contributed by atoms with Gasteiger partial charge in [0.25, 0.3) is 0 Å². The zero-order valence-electron chi connectivity index (χ0n) is 15.1. The van der Waals surface area contributed by atoms with Crippen molar-refractivity contribution in [3.05, 3.63) is 0 Å². The molecule has 5 nitrogen and oxygen atoms in total. The van der Waals surface area contributed by atoms with Crippen LogP contribution < -0.4 is 5.32 Å². The van der Waals surface area contributed by atoms with Gasteiger partial charge in [0.05, 0.1) is 18.2 Å². The van der Waals surface area contributed by atoms with Gasteiger partial charge in [0, 0.05) is 38.3 Å². The minimum Gasteiger partial charge on any atom is -0.373 e. The fraction of sp³-hybridized carbons (Fsp3) is 0.944. The molecule has 4 unspecified atom stereocenters. The Hall–Kier alpha value is -0.650. The minimum atomic E-state index is -0.0428. The highest BCUT2D eigenvalue weighted by molar-refractivity contribution is 5.82. The highest BCUT2D eigenvalue weighted by Crippen LogP contribution is 2.30. The Morgan fingerprint density at radius 1 is 1.09 bits per heavy atom. The molecule has 23 heavy (non-hydrogen) atoms. The summed E-state index contributed by atoms with van der Waals surface area (Å²) < 4.78 is 5.83. The second kappa shape index (κ2) is 7.08. The fourth-order valence-electron chi connectivity index (χ4n) is 4.30. The first-order valence-electron chi connectivity index (χ1n) is 9.38. The summed E-state index contributed by atoms with van der Waals surface area (Å²) in [6.07, 6.45) is 4.19. The molecule has 1 N–H and O–H groups in total. The molecule has 3 fully saturated rings. The van der Waals surface area contributed by atoms with Crippen molar-refractivity contribution in [1.82, 2.24) is 15.1 Å². The Labute approximate surface area is 140 Å². The van der Waals surface area contributed by atoms with Gasteiger partial charge in [-0.15, -0.1) is 0 Å². The van der Waals surface area contributed by atoms with Crippen molar-refractivity contribution in [2.24, 2.45) is 5.92 Å². The van der Waals surface area contributed by atoms with Gasteiger partial charge in [-0.2, -0.15) is 0 Å². The first-order valence-corrected chi connectivity index (χ1v) is 9.38. The van der Waals surface area contributed by atoms with Crippen molar-refractivity contribution >= 4 is 5.91 Å². The first kappa shape index (κ1) is 17.2. The fourth-order valence-corrected chi connectivity index (χ4v) is 4.30. The van der Waals surface area contributed by atoms with Crippen LogP contribution in [0, 0.1) is 5.92 Å². The number of amides is 1. The second-order valence-electron chi connectivity index (χ2n) is 8.12. The van der Waals surface area contributed by atoms with Crippen molar-refractivity contribution in [2.75, 3.05) is 26.2 Å². The summed E-state index contributed by atoms with van der Waals surface area (Å²) in [4.78, 5) is 17.8. The van der Waals surface area contributed by atoms with Gasteiger partial charge in [0.2, 0.25) is 5.91 Å². The summed E-state index contributed by atoms with van der Waals surface area (Å²) >= 11 is 0. The van der Waals surface area contributed by atoms with Crippen LogP contribution in [0.1, 0.15) is 47.0 Å². The lowest BCUT2D eigenvalue weighted by Gasteiger charge is -2.41. The zero-order valence-corrected chi connectivity index (χ0v) is 15.1. The van der Waals surface area contributed by atoms with Crippen molar-refractivity contribution in [3.63, 3.8) is 0 Å². The van der Waals surface area contributed by atoms with Gasteiger partial charge < -0.3 is 10.1 Å². The molecule has 0 bridgehead atoms. The van der Waals surface area contributed by atoms with E-state index in [1.54, 1.807) is 0 Å². The van der Waals surface area contributed by atoms with Gasteiger partial charge in [0.1, 0.15) is 0 Å². The highest BCUT2D eigenvalue weighted by atomic mass is 16.5. The molecule has 132 valence electrons. The summed E-state index contributed by atoms with van der Waals surface area (Å²) in [7, 11) is 0. The number of hydrogen-bond acceptors (Lipinski definition) is 4. The summed E-state index contributed by atoms with van der Waals surface area (Å²) in [6, 6.07) is 1.10. The molecular formula is C18H33N3O2. The standard InChI is InChI=1S/C18H33N3O2/c1-12(2)17(21-9-13(3)23-14(4)10-21)18(22)19-15-7-8-20(11-15)16-5-6-16/h12-17H,5-11H2,1-4H3,(H,19,22). The smallest absolute Gasteiger partial charge is 0.237 e. The average molecular weight is 323 g/mol. The van der Waals surface area contributed by atoms with Crippen LogP contribution >= 0.6 is 0 Å². The van der Waals surface area contributed by atoms with E-state index in [1.807, 2.05) is 0 Å². The highest BCUT2D eigenvalue weighted by Gasteiger charge is 2.38. The Morgan fingerprint density at radius 3 is 2.30 bits per heavy atom. The number of morpholine rings is 1. The second-order valence-corrected chi connectivity index (χ2v) is 8.12. The molecule has 1 amide bonds. The van der Waals surface area contributed by atoms with Crippen molar-refractivity contribution in [1.29, 1.82) is 0 Å². The molecule has 2 aliphatic heterocycles. The third-order valence-corrected chi connectivity index (χ3v) is 5.37. The lowest BCUT2D eigenvalue weighted by atomic mass is 9.99. The Balaban J connectivity index is 1.58. The van der Waals surface area contributed by atoms with E-state index in [1.165, 1.54) is 12.8 Å². The maximum Gasteiger partial charge on any atom is 0.237 e. The maximum atomic E-state index is 12.9. The molecule has 0 spiro atoms. The van der Waals surface area contributed by atoms with Crippen molar-refractivity contribution in [2.45, 2.75) is 77.3 Å². The number of hydrogen-bond donors (Lipinski definition) is 1. The molecule has 3 aliphatic rings. The van der Waals surface area contributed by atoms with Crippen LogP contribution in [-0.2, 0) is 9.53 Å². The van der Waals surface area contributed by atoms with Crippen LogP contribution in [0.2, 0.25) is 0 Å². The number of nitrogens with one attached hydrogen (secondary N) is 1. The van der Waals surface area contributed by atoms with E-state index in [0.29, 0.717) is 12.0 Å². The van der Waals surface area contributed by atoms with E-state index in [4.69, 9.17) is 4.74 Å². The van der Waals surface area contributed by atoms with E-state index < -0.39 is 0 Å². The van der Waals surface area contributed by atoms with Crippen LogP contribution in [0.5, 0.6) is 0 Å². The molecular weight excluding hydrogens is 290 g/mol. The molecule has 0 radical (unpaired) electrons. The predicted molar refractivity (Wildman–Crippen MR) is 91.4 cm³/mol. The molecule has 0 aromatic carbocycles. The SMILES string of the molecule is CC1CN(C(C(=O)NC2CCN(C3CC3)C2)C(C)C)CC(C)O1. The zero-order chi connectivity index (χ0) is 16.6. The molecule has 1 aliphatic carbocycles. The van der Waals surface area contributed by atoms with Gasteiger partial charge in [-0.05, 0) is 39.0 Å². The van der Waals surface area contributed by atoms with Crippen LogP contribution in [-0.4, -0.2) is 72.2 Å². The van der Waals surface area contributed by atoms with Gasteiger partial charge in [-0.25, -0.2) is 0 Å². The maximum absolute atomic E-state index is 12.9. The van der Waals surface area contributed by atoms with Crippen LogP contribution in [0.4, 0.5) is 0 Å². The van der Waals surface area contributed by atoms with Crippen LogP contribution in [0.25, 0.3) is 0 Å². The number of carbonyl (C=O) groups excluding carboxylic acids is 1. The predicted octanol–water partition coefficient (Wildman–Crippen LogP) is 1.47. The third kappa shape index (κ3) is 4.25. The molecule has 4 atom stereocenters. The molecule has 2 heterocycles. The van der Waals surface area contributed by atoms with E-state index in [2.05, 4.69) is 42.8 Å². The molecule has 0 aromatic heterocycles. The topological polar surface area (TPSA) is 44.8 Å². The van der Waals surface area contributed by atoms with Crippen LogP contribution in [0.3, 0.4) is 0 Å². The third-order valence-electron chi connectivity index (χ3n) is 5.37. The lowest BCUT2D eigenvalue weighted by Crippen LogP contribution is -2.58. The molecule has 2 saturated heterocycles. The van der Waals surface area contributed by atoms with Crippen molar-refractivity contribution < 1.29 is 9.53 Å². The summed E-state index contributed by atoms with van der Waals surface area (Å²) in [5.74, 6) is 0.525. The van der Waals surface area contributed by atoms with E-state index in [9.17, 15) is 4.79 Å². The number of ether oxygens (including phenoxy) is 1. The minimum absolute atomic E-state index is 0.0428. The molecule has 1 saturated carbocycles. The van der Waals surface area contributed by atoms with Gasteiger partial charge in [-0.3, -0.25) is 14.6 Å². The Bertz CT molecular complexity index is 414. The Kier molecular flexibility index (Phi) is 5.29. The number of rotatable bonds is 5. The number of nitrogens with zero attached hydrogens (tertiary/aromatic N) is 2. The number of likely N-dealkylation sites (tertiary alicyclic amines) is 1. The van der Waals surface area contributed by atoms with Crippen LogP contribution in [0.15, 0.2) is 0 Å². The number of carbonyl (C=O) groups is 1. The summed E-state index contributed by atoms with van der Waals surface area (Å²) in [5.41, 5.74) is 0. The first-order chi connectivity index (χ1) is 10.9. The largest absolute Gasteiger partial charge is 0.373 e. The lowest BCUT2D eigenvalue weighted by molar-refractivity contribution is -0.136. The molecule has 3 rings (SSSR count). The molecule has 5 heteroatoms. The van der Waals surface area contributed by atoms with Crippen molar-refractivity contribution in [3.8, 4) is 0 Å². The quantitative estimate of drug-likeness (QED) is 0.832. The van der Waals surface area contributed by atoms with E-state index >= 15 is 0 Å². The normalized spacial score (nSPS) is 34.7. The summed E-state index contributed by atoms with van der Waals surface area (Å²) in [6.45, 7) is 12.4. The van der Waals surface area contributed by atoms with Gasteiger partial charge >= 0.3 is 0 Å².